The first-order valence-corrected chi connectivity index (χ1v) is 11.6. The van der Waals surface area contributed by atoms with Gasteiger partial charge in [-0.15, -0.1) is 0 Å². The van der Waals surface area contributed by atoms with E-state index in [1.54, 1.807) is 17.7 Å². The molecule has 6 rings (SSSR count). The maximum atomic E-state index is 13.7. The fraction of sp³-hybridized carbons (Fsp3) is 0.179. The molecular weight excluding hydrogens is 442 g/mol. The highest BCUT2D eigenvalue weighted by atomic mass is 16.5. The molecule has 174 valence electrons. The predicted molar refractivity (Wildman–Crippen MR) is 135 cm³/mol. The molecule has 0 saturated heterocycles. The molecule has 3 aromatic carbocycles. The number of benzene rings is 3. The van der Waals surface area contributed by atoms with Gasteiger partial charge in [0.2, 0.25) is 0 Å². The zero-order valence-corrected chi connectivity index (χ0v) is 19.1. The Morgan fingerprint density at radius 1 is 0.914 bits per heavy atom. The largest absolute Gasteiger partial charge is 0.385 e. The topological polar surface area (TPSA) is 93.2 Å². The number of nitrogens with zero attached hydrogens (tertiary/aromatic N) is 1. The van der Waals surface area contributed by atoms with E-state index in [1.165, 1.54) is 0 Å². The Morgan fingerprint density at radius 2 is 1.66 bits per heavy atom. The summed E-state index contributed by atoms with van der Waals surface area (Å²) >= 11 is 0. The van der Waals surface area contributed by atoms with Crippen molar-refractivity contribution < 1.29 is 9.53 Å². The first-order valence-electron chi connectivity index (χ1n) is 11.6. The molecule has 0 fully saturated rings. The van der Waals surface area contributed by atoms with Crippen LogP contribution in [-0.2, 0) is 11.3 Å². The van der Waals surface area contributed by atoms with Crippen LogP contribution in [0.2, 0.25) is 0 Å². The summed E-state index contributed by atoms with van der Waals surface area (Å²) in [6, 6.07) is 21.3. The number of nitrogens with one attached hydrogen (secondary N) is 2. The van der Waals surface area contributed by atoms with E-state index in [0.717, 1.165) is 21.9 Å². The lowest BCUT2D eigenvalue weighted by Gasteiger charge is -2.30. The van der Waals surface area contributed by atoms with E-state index in [9.17, 15) is 14.4 Å². The summed E-state index contributed by atoms with van der Waals surface area (Å²) in [5, 5.41) is 5.30. The standard InChI is InChI=1S/C28H23N3O4/c1-35-15-7-14-31-26-23(27(33)30-28(31)34)21(18-13-6-9-16-8-2-3-10-17(16)18)22-24(29-26)19-11-4-5-12-20(19)25(22)32/h2-6,8-13,21,29H,7,14-15H2,1H3,(H,30,33,34)/t21-/m1/s1. The van der Waals surface area contributed by atoms with Gasteiger partial charge in [0, 0.05) is 42.9 Å². The molecule has 0 bridgehead atoms. The van der Waals surface area contributed by atoms with Crippen LogP contribution in [0.5, 0.6) is 0 Å². The van der Waals surface area contributed by atoms with Crippen LogP contribution >= 0.6 is 0 Å². The second-order valence-corrected chi connectivity index (χ2v) is 8.81. The summed E-state index contributed by atoms with van der Waals surface area (Å²) in [7, 11) is 1.61. The van der Waals surface area contributed by atoms with E-state index in [1.807, 2.05) is 60.7 Å². The van der Waals surface area contributed by atoms with Gasteiger partial charge in [0.05, 0.1) is 11.3 Å². The number of anilines is 1. The van der Waals surface area contributed by atoms with Crippen molar-refractivity contribution in [2.24, 2.45) is 0 Å². The van der Waals surface area contributed by atoms with Crippen LogP contribution in [0.15, 0.2) is 81.9 Å². The minimum atomic E-state index is -0.634. The van der Waals surface area contributed by atoms with Crippen molar-refractivity contribution in [1.29, 1.82) is 0 Å². The molecular formula is C28H23N3O4. The summed E-state index contributed by atoms with van der Waals surface area (Å²) in [5.41, 5.74) is 2.80. The molecule has 1 aliphatic carbocycles. The summed E-state index contributed by atoms with van der Waals surface area (Å²) < 4.78 is 6.72. The van der Waals surface area contributed by atoms with Crippen molar-refractivity contribution in [3.8, 4) is 0 Å². The van der Waals surface area contributed by atoms with Crippen molar-refractivity contribution in [1.82, 2.24) is 9.55 Å². The second kappa shape index (κ2) is 8.21. The Bertz CT molecular complexity index is 1660. The number of H-pyrrole nitrogens is 1. The molecule has 0 radical (unpaired) electrons. The van der Waals surface area contributed by atoms with E-state index in [-0.39, 0.29) is 5.78 Å². The van der Waals surface area contributed by atoms with Gasteiger partial charge in [-0.2, -0.15) is 0 Å². The molecule has 35 heavy (non-hydrogen) atoms. The zero-order valence-electron chi connectivity index (χ0n) is 19.1. The van der Waals surface area contributed by atoms with Crippen LogP contribution < -0.4 is 16.6 Å². The molecule has 1 atom stereocenters. The third kappa shape index (κ3) is 3.19. The molecule has 0 saturated carbocycles. The van der Waals surface area contributed by atoms with Crippen LogP contribution in [0.1, 0.15) is 39.4 Å². The highest BCUT2D eigenvalue weighted by molar-refractivity contribution is 6.24. The Labute approximate surface area is 200 Å². The highest BCUT2D eigenvalue weighted by Gasteiger charge is 2.42. The summed E-state index contributed by atoms with van der Waals surface area (Å²) in [5.74, 6) is -0.315. The first-order chi connectivity index (χ1) is 17.1. The van der Waals surface area contributed by atoms with Crippen LogP contribution in [0.3, 0.4) is 0 Å². The van der Waals surface area contributed by atoms with Crippen molar-refractivity contribution in [2.45, 2.75) is 18.9 Å². The van der Waals surface area contributed by atoms with E-state index in [2.05, 4.69) is 10.3 Å². The number of carbonyl (C=O) groups excluding carboxylic acids is 1. The third-order valence-corrected chi connectivity index (χ3v) is 6.88. The molecule has 0 amide bonds. The van der Waals surface area contributed by atoms with Crippen molar-refractivity contribution >= 4 is 28.1 Å². The number of allylic oxidation sites excluding steroid dienone is 1. The van der Waals surface area contributed by atoms with Gasteiger partial charge < -0.3 is 10.1 Å². The quantitative estimate of drug-likeness (QED) is 0.436. The average molecular weight is 466 g/mol. The molecule has 7 heteroatoms. The SMILES string of the molecule is COCCCn1c2c(c(=O)[nH]c1=O)[C@H](c1cccc3ccccc13)C1=C(N2)c2ccccc2C1=O. The molecule has 2 heterocycles. The molecule has 0 spiro atoms. The number of ketones is 1. The number of methoxy groups -OCH3 is 1. The lowest BCUT2D eigenvalue weighted by Crippen LogP contribution is -2.38. The maximum absolute atomic E-state index is 13.7. The zero-order chi connectivity index (χ0) is 24.1. The Hall–Kier alpha value is -4.23. The van der Waals surface area contributed by atoms with Crippen molar-refractivity contribution in [3.05, 3.63) is 115 Å². The highest BCUT2D eigenvalue weighted by Crippen LogP contribution is 2.49. The van der Waals surface area contributed by atoms with Gasteiger partial charge >= 0.3 is 5.69 Å². The molecule has 1 aliphatic heterocycles. The molecule has 0 unspecified atom stereocenters. The molecule has 1 aromatic heterocycles. The molecule has 4 aromatic rings. The van der Waals surface area contributed by atoms with Gasteiger partial charge in [-0.25, -0.2) is 4.79 Å². The van der Waals surface area contributed by atoms with Crippen molar-refractivity contribution in [3.63, 3.8) is 0 Å². The van der Waals surface area contributed by atoms with Gasteiger partial charge in [0.25, 0.3) is 5.56 Å². The van der Waals surface area contributed by atoms with Crippen molar-refractivity contribution in [2.75, 3.05) is 19.0 Å². The van der Waals surface area contributed by atoms with Gasteiger partial charge in [-0.05, 0) is 22.8 Å². The normalized spacial score (nSPS) is 16.1. The summed E-state index contributed by atoms with van der Waals surface area (Å²) in [4.78, 5) is 42.5. The summed E-state index contributed by atoms with van der Waals surface area (Å²) in [6.45, 7) is 0.835. The fourth-order valence-corrected chi connectivity index (χ4v) is 5.36. The smallest absolute Gasteiger partial charge is 0.329 e. The number of fused-ring (bicyclic) bond motifs is 4. The minimum Gasteiger partial charge on any atom is -0.385 e. The monoisotopic (exact) mass is 465 g/mol. The van der Waals surface area contributed by atoms with Crippen LogP contribution in [0.25, 0.3) is 16.5 Å². The number of ether oxygens (including phenoxy) is 1. The third-order valence-electron chi connectivity index (χ3n) is 6.88. The van der Waals surface area contributed by atoms with Crippen LogP contribution in [0.4, 0.5) is 5.82 Å². The van der Waals surface area contributed by atoms with E-state index in [4.69, 9.17) is 4.74 Å². The number of aromatic nitrogens is 2. The Balaban J connectivity index is 1.68. The van der Waals surface area contributed by atoms with Crippen LogP contribution in [-0.4, -0.2) is 29.1 Å². The molecule has 2 aliphatic rings. The molecule has 7 nitrogen and oxygen atoms in total. The maximum Gasteiger partial charge on any atom is 0.329 e. The molecule has 2 N–H and O–H groups in total. The van der Waals surface area contributed by atoms with Gasteiger partial charge in [-0.1, -0.05) is 66.7 Å². The van der Waals surface area contributed by atoms with E-state index < -0.39 is 17.2 Å². The van der Waals surface area contributed by atoms with Gasteiger partial charge in [-0.3, -0.25) is 19.1 Å². The van der Waals surface area contributed by atoms with Crippen LogP contribution in [0, 0.1) is 0 Å². The lowest BCUT2D eigenvalue weighted by molar-refractivity contribution is 0.103. The number of carbonyl (C=O) groups is 1. The Morgan fingerprint density at radius 3 is 2.49 bits per heavy atom. The van der Waals surface area contributed by atoms with Gasteiger partial charge in [0.1, 0.15) is 5.82 Å². The average Bonchev–Trinajstić information content (AvgIpc) is 3.16. The van der Waals surface area contributed by atoms with E-state index >= 15 is 0 Å². The van der Waals surface area contributed by atoms with Gasteiger partial charge in [0.15, 0.2) is 5.78 Å². The summed E-state index contributed by atoms with van der Waals surface area (Å²) in [6.07, 6.45) is 0.594. The fourth-order valence-electron chi connectivity index (χ4n) is 5.36. The van der Waals surface area contributed by atoms with E-state index in [0.29, 0.717) is 47.8 Å². The number of hydrogen-bond donors (Lipinski definition) is 2. The predicted octanol–water partition coefficient (Wildman–Crippen LogP) is 3.89. The second-order valence-electron chi connectivity index (χ2n) is 8.81. The number of hydrogen-bond acceptors (Lipinski definition) is 5. The lowest BCUT2D eigenvalue weighted by atomic mass is 9.79. The first kappa shape index (κ1) is 21.3. The number of Topliss-reactive ketones (excluding diaryl/α,β-unsaturated/α-hetero) is 1. The Kier molecular flexibility index (Phi) is 5.00. The number of aromatic amines is 1. The number of rotatable bonds is 5. The minimum absolute atomic E-state index is 0.108.